The second-order valence-corrected chi connectivity index (χ2v) is 10.8. The summed E-state index contributed by atoms with van der Waals surface area (Å²) in [4.78, 5) is 39.5. The van der Waals surface area contributed by atoms with Crippen LogP contribution in [-0.4, -0.2) is 17.8 Å². The van der Waals surface area contributed by atoms with E-state index in [0.29, 0.717) is 37.2 Å². The molecule has 1 saturated heterocycles. The average molecular weight is 642 g/mol. The molecule has 11 heteroatoms. The van der Waals surface area contributed by atoms with Crippen molar-refractivity contribution in [3.05, 3.63) is 127 Å². The van der Waals surface area contributed by atoms with Gasteiger partial charge in [0.25, 0.3) is 11.8 Å². The number of ether oxygens (including phenoxy) is 2. The van der Waals surface area contributed by atoms with E-state index in [1.807, 2.05) is 0 Å². The molecule has 4 amide bonds. The number of carbonyl (C=O) groups is 3. The first-order valence-corrected chi connectivity index (χ1v) is 13.9. The number of barbiturate groups is 1. The molecule has 5 rings (SSSR count). The smallest absolute Gasteiger partial charge is 0.335 e. The van der Waals surface area contributed by atoms with Gasteiger partial charge >= 0.3 is 6.03 Å². The lowest BCUT2D eigenvalue weighted by Gasteiger charge is -2.26. The van der Waals surface area contributed by atoms with Crippen molar-refractivity contribution in [2.45, 2.75) is 13.2 Å². The van der Waals surface area contributed by atoms with Crippen LogP contribution in [0.1, 0.15) is 16.7 Å². The quantitative estimate of drug-likeness (QED) is 0.155. The summed E-state index contributed by atoms with van der Waals surface area (Å²) >= 11 is 24.3. The number of nitrogens with one attached hydrogen (secondary N) is 1. The van der Waals surface area contributed by atoms with E-state index in [0.717, 1.165) is 16.0 Å². The molecule has 7 nitrogen and oxygen atoms in total. The fourth-order valence-corrected chi connectivity index (χ4v) is 4.97. The van der Waals surface area contributed by atoms with Crippen molar-refractivity contribution in [2.24, 2.45) is 0 Å². The maximum absolute atomic E-state index is 13.3. The number of carbonyl (C=O) groups excluding carboxylic acids is 3. The van der Waals surface area contributed by atoms with E-state index in [1.165, 1.54) is 6.08 Å². The highest BCUT2D eigenvalue weighted by Gasteiger charge is 2.36. The zero-order valence-corrected chi connectivity index (χ0v) is 24.6. The molecule has 4 aromatic rings. The van der Waals surface area contributed by atoms with Crippen LogP contribution in [0.25, 0.3) is 6.08 Å². The molecule has 0 bridgehead atoms. The lowest BCUT2D eigenvalue weighted by atomic mass is 10.1. The summed E-state index contributed by atoms with van der Waals surface area (Å²) in [5.41, 5.74) is 2.04. The van der Waals surface area contributed by atoms with Crippen LogP contribution in [-0.2, 0) is 22.8 Å². The second-order valence-electron chi connectivity index (χ2n) is 9.07. The maximum atomic E-state index is 13.3. The minimum Gasteiger partial charge on any atom is -0.489 e. The van der Waals surface area contributed by atoms with E-state index < -0.39 is 17.8 Å². The molecule has 212 valence electrons. The Kier molecular flexibility index (Phi) is 9.04. The van der Waals surface area contributed by atoms with E-state index in [-0.39, 0.29) is 24.5 Å². The van der Waals surface area contributed by atoms with Gasteiger partial charge in [-0.05, 0) is 72.3 Å². The lowest BCUT2D eigenvalue weighted by Crippen LogP contribution is -2.54. The molecule has 0 spiro atoms. The van der Waals surface area contributed by atoms with Gasteiger partial charge in [0.2, 0.25) is 0 Å². The van der Waals surface area contributed by atoms with Crippen molar-refractivity contribution in [3.63, 3.8) is 0 Å². The first-order valence-electron chi connectivity index (χ1n) is 12.4. The fourth-order valence-electron chi connectivity index (χ4n) is 4.04. The summed E-state index contributed by atoms with van der Waals surface area (Å²) in [7, 11) is 0. The average Bonchev–Trinajstić information content (AvgIpc) is 2.95. The maximum Gasteiger partial charge on any atom is 0.335 e. The van der Waals surface area contributed by atoms with Crippen LogP contribution >= 0.6 is 46.4 Å². The van der Waals surface area contributed by atoms with Crippen molar-refractivity contribution in [1.29, 1.82) is 0 Å². The molecule has 1 aliphatic heterocycles. The summed E-state index contributed by atoms with van der Waals surface area (Å²) in [5.74, 6) is -0.606. The molecule has 0 saturated carbocycles. The van der Waals surface area contributed by atoms with E-state index in [1.54, 1.807) is 84.9 Å². The van der Waals surface area contributed by atoms with Gasteiger partial charge in [-0.15, -0.1) is 0 Å². The summed E-state index contributed by atoms with van der Waals surface area (Å²) in [6.45, 7) is 0.375. The number of hydrogen-bond donors (Lipinski definition) is 1. The molecule has 0 unspecified atom stereocenters. The highest BCUT2D eigenvalue weighted by Crippen LogP contribution is 2.28. The van der Waals surface area contributed by atoms with E-state index >= 15 is 0 Å². The highest BCUT2D eigenvalue weighted by molar-refractivity contribution is 6.39. The van der Waals surface area contributed by atoms with Crippen molar-refractivity contribution >= 4 is 76.0 Å². The molecule has 42 heavy (non-hydrogen) atoms. The molecule has 0 radical (unpaired) electrons. The van der Waals surface area contributed by atoms with Crippen LogP contribution in [0.2, 0.25) is 20.1 Å². The third-order valence-electron chi connectivity index (χ3n) is 6.18. The van der Waals surface area contributed by atoms with Gasteiger partial charge in [-0.3, -0.25) is 14.9 Å². The van der Waals surface area contributed by atoms with Crippen LogP contribution in [0.3, 0.4) is 0 Å². The van der Waals surface area contributed by atoms with Gasteiger partial charge in [-0.2, -0.15) is 0 Å². The Labute approximate surface area is 261 Å². The monoisotopic (exact) mass is 640 g/mol. The van der Waals surface area contributed by atoms with Gasteiger partial charge in [-0.25, -0.2) is 9.69 Å². The van der Waals surface area contributed by atoms with Gasteiger partial charge in [0.15, 0.2) is 0 Å². The van der Waals surface area contributed by atoms with Gasteiger partial charge in [-0.1, -0.05) is 70.7 Å². The Morgan fingerprint density at radius 3 is 1.88 bits per heavy atom. The third-order valence-corrected chi connectivity index (χ3v) is 7.36. The third kappa shape index (κ3) is 6.89. The SMILES string of the molecule is O=C1NC(=O)N(c2ccc(OCc3ccc(Cl)cc3Cl)cc2)C(=O)/C1=C\c1cccc(OCc2ccc(Cl)cc2Cl)c1. The molecule has 0 aromatic heterocycles. The highest BCUT2D eigenvalue weighted by atomic mass is 35.5. The number of urea groups is 1. The Morgan fingerprint density at radius 2 is 1.29 bits per heavy atom. The van der Waals surface area contributed by atoms with E-state index in [2.05, 4.69) is 5.32 Å². The number of benzene rings is 4. The minimum atomic E-state index is -0.860. The molecule has 1 aliphatic rings. The number of rotatable bonds is 8. The van der Waals surface area contributed by atoms with Crippen molar-refractivity contribution in [1.82, 2.24) is 5.32 Å². The predicted octanol–water partition coefficient (Wildman–Crippen LogP) is 8.12. The van der Waals surface area contributed by atoms with Crippen LogP contribution in [0, 0.1) is 0 Å². The largest absolute Gasteiger partial charge is 0.489 e. The minimum absolute atomic E-state index is 0.185. The topological polar surface area (TPSA) is 84.9 Å². The van der Waals surface area contributed by atoms with E-state index in [4.69, 9.17) is 55.9 Å². The van der Waals surface area contributed by atoms with Gasteiger partial charge in [0.05, 0.1) is 5.69 Å². The number of nitrogens with zero attached hydrogens (tertiary/aromatic N) is 1. The van der Waals surface area contributed by atoms with Gasteiger partial charge in [0.1, 0.15) is 30.3 Å². The van der Waals surface area contributed by atoms with Crippen molar-refractivity contribution < 1.29 is 23.9 Å². The molecular formula is C31H20Cl4N2O5. The van der Waals surface area contributed by atoms with E-state index in [9.17, 15) is 14.4 Å². The predicted molar refractivity (Wildman–Crippen MR) is 163 cm³/mol. The zero-order valence-electron chi connectivity index (χ0n) is 21.6. The fraction of sp³-hybridized carbons (Fsp3) is 0.0645. The summed E-state index contributed by atoms with van der Waals surface area (Å²) < 4.78 is 11.6. The summed E-state index contributed by atoms with van der Waals surface area (Å²) in [6, 6.07) is 22.4. The normalized spacial score (nSPS) is 14.2. The van der Waals surface area contributed by atoms with Crippen LogP contribution in [0.15, 0.2) is 90.5 Å². The molecule has 1 heterocycles. The van der Waals surface area contributed by atoms with Crippen molar-refractivity contribution in [3.8, 4) is 11.5 Å². The molecule has 0 atom stereocenters. The van der Waals surface area contributed by atoms with Crippen LogP contribution < -0.4 is 19.7 Å². The Balaban J connectivity index is 1.30. The number of amides is 4. The Morgan fingerprint density at radius 1 is 0.690 bits per heavy atom. The summed E-state index contributed by atoms with van der Waals surface area (Å²) in [6.07, 6.45) is 1.40. The molecule has 1 fully saturated rings. The zero-order chi connectivity index (χ0) is 29.8. The molecule has 1 N–H and O–H groups in total. The van der Waals surface area contributed by atoms with Crippen LogP contribution in [0.5, 0.6) is 11.5 Å². The molecular weight excluding hydrogens is 622 g/mol. The number of anilines is 1. The number of hydrogen-bond acceptors (Lipinski definition) is 5. The molecule has 4 aromatic carbocycles. The summed E-state index contributed by atoms with van der Waals surface area (Å²) in [5, 5.41) is 4.20. The first kappa shape index (κ1) is 29.5. The standard InChI is InChI=1S/C31H20Cl4N2O5/c32-21-6-4-19(27(34)14-21)16-41-24-10-8-23(9-11-24)37-30(39)26(29(38)36-31(37)40)13-18-2-1-3-25(12-18)42-17-20-5-7-22(33)15-28(20)35/h1-15H,16-17H2,(H,36,38,40)/b26-13-. The number of imide groups is 2. The number of halogens is 4. The molecule has 0 aliphatic carbocycles. The van der Waals surface area contributed by atoms with Crippen molar-refractivity contribution in [2.75, 3.05) is 4.90 Å². The lowest BCUT2D eigenvalue weighted by molar-refractivity contribution is -0.122. The van der Waals surface area contributed by atoms with Gasteiger partial charge in [0, 0.05) is 31.2 Å². The second kappa shape index (κ2) is 12.9. The van der Waals surface area contributed by atoms with Gasteiger partial charge < -0.3 is 9.47 Å². The van der Waals surface area contributed by atoms with Crippen LogP contribution in [0.4, 0.5) is 10.5 Å². The Bertz CT molecular complexity index is 1720. The Hall–Kier alpha value is -4.01. The first-order chi connectivity index (χ1) is 20.2.